The molecule has 0 saturated carbocycles. The molecule has 0 aromatic rings. The van der Waals surface area contributed by atoms with Crippen molar-refractivity contribution in [2.24, 2.45) is 11.3 Å². The lowest BCUT2D eigenvalue weighted by molar-refractivity contribution is -0.0637. The summed E-state index contributed by atoms with van der Waals surface area (Å²) in [4.78, 5) is 0. The Morgan fingerprint density at radius 1 is 1.00 bits per heavy atom. The monoisotopic (exact) mass is 258 g/mol. The molecule has 0 aromatic carbocycles. The van der Waals surface area contributed by atoms with Gasteiger partial charge in [-0.05, 0) is 25.2 Å². The molecule has 2 heteroatoms. The minimum atomic E-state index is -0.351. The zero-order chi connectivity index (χ0) is 14.0. The van der Waals surface area contributed by atoms with E-state index in [4.69, 9.17) is 0 Å². The van der Waals surface area contributed by atoms with Crippen LogP contribution < -0.4 is 0 Å². The number of hydrogen-bond acceptors (Lipinski definition) is 2. The Labute approximate surface area is 114 Å². The highest BCUT2D eigenvalue weighted by Crippen LogP contribution is 2.38. The van der Waals surface area contributed by atoms with Crippen molar-refractivity contribution in [3.05, 3.63) is 0 Å². The van der Waals surface area contributed by atoms with Gasteiger partial charge in [0.05, 0.1) is 12.7 Å². The maximum absolute atomic E-state index is 10.7. The molecule has 0 aromatic heterocycles. The van der Waals surface area contributed by atoms with E-state index in [1.165, 1.54) is 12.8 Å². The van der Waals surface area contributed by atoms with E-state index >= 15 is 0 Å². The highest BCUT2D eigenvalue weighted by molar-refractivity contribution is 4.88. The molecule has 2 nitrogen and oxygen atoms in total. The smallest absolute Gasteiger partial charge is 0.0646 e. The van der Waals surface area contributed by atoms with Crippen LogP contribution >= 0.6 is 0 Å². The molecule has 0 heterocycles. The molecule has 110 valence electrons. The second-order valence-corrected chi connectivity index (χ2v) is 5.73. The van der Waals surface area contributed by atoms with Crippen molar-refractivity contribution in [2.45, 2.75) is 85.2 Å². The highest BCUT2D eigenvalue weighted by atomic mass is 16.3. The van der Waals surface area contributed by atoms with E-state index < -0.39 is 0 Å². The van der Waals surface area contributed by atoms with E-state index in [-0.39, 0.29) is 18.1 Å². The Bertz CT molecular complexity index is 188. The SMILES string of the molecule is CCCCC(CC)C(O)C(CC)(CO)CCCC. The summed E-state index contributed by atoms with van der Waals surface area (Å²) in [6.45, 7) is 8.73. The lowest BCUT2D eigenvalue weighted by Gasteiger charge is -2.40. The largest absolute Gasteiger partial charge is 0.396 e. The zero-order valence-electron chi connectivity index (χ0n) is 12.9. The van der Waals surface area contributed by atoms with Crippen molar-refractivity contribution in [1.82, 2.24) is 0 Å². The summed E-state index contributed by atoms with van der Waals surface area (Å²) in [5, 5.41) is 20.5. The van der Waals surface area contributed by atoms with Crippen LogP contribution in [0.3, 0.4) is 0 Å². The second kappa shape index (κ2) is 9.80. The summed E-state index contributed by atoms with van der Waals surface area (Å²) < 4.78 is 0. The number of rotatable bonds is 11. The van der Waals surface area contributed by atoms with E-state index in [0.717, 1.165) is 38.5 Å². The number of hydrogen-bond donors (Lipinski definition) is 2. The Kier molecular flexibility index (Phi) is 9.76. The molecule has 3 unspecified atom stereocenters. The predicted octanol–water partition coefficient (Wildman–Crippen LogP) is 4.14. The Morgan fingerprint density at radius 2 is 1.61 bits per heavy atom. The van der Waals surface area contributed by atoms with Crippen molar-refractivity contribution in [3.63, 3.8) is 0 Å². The Hall–Kier alpha value is -0.0800. The summed E-state index contributed by atoms with van der Waals surface area (Å²) in [6.07, 6.45) is 8.13. The lowest BCUT2D eigenvalue weighted by atomic mass is 9.70. The fourth-order valence-electron chi connectivity index (χ4n) is 2.90. The van der Waals surface area contributed by atoms with E-state index in [1.807, 2.05) is 0 Å². The van der Waals surface area contributed by atoms with Gasteiger partial charge in [0.25, 0.3) is 0 Å². The van der Waals surface area contributed by atoms with Crippen LogP contribution in [0.25, 0.3) is 0 Å². The molecule has 0 saturated heterocycles. The van der Waals surface area contributed by atoms with Crippen molar-refractivity contribution in [1.29, 1.82) is 0 Å². The van der Waals surface area contributed by atoms with Crippen LogP contribution in [0.15, 0.2) is 0 Å². The maximum atomic E-state index is 10.7. The molecular formula is C16H34O2. The van der Waals surface area contributed by atoms with Gasteiger partial charge in [-0.2, -0.15) is 0 Å². The van der Waals surface area contributed by atoms with E-state index in [9.17, 15) is 10.2 Å². The van der Waals surface area contributed by atoms with Gasteiger partial charge in [-0.3, -0.25) is 0 Å². The first-order valence-corrected chi connectivity index (χ1v) is 7.90. The van der Waals surface area contributed by atoms with E-state index in [2.05, 4.69) is 27.7 Å². The third-order valence-corrected chi connectivity index (χ3v) is 4.57. The standard InChI is InChI=1S/C16H34O2/c1-5-9-11-14(7-3)15(18)16(8-4,13-17)12-10-6-2/h14-15,17-18H,5-13H2,1-4H3. The van der Waals surface area contributed by atoms with Crippen LogP contribution in [-0.4, -0.2) is 22.9 Å². The van der Waals surface area contributed by atoms with E-state index in [1.54, 1.807) is 0 Å². The molecule has 0 amide bonds. The Balaban J connectivity index is 4.73. The molecule has 18 heavy (non-hydrogen) atoms. The van der Waals surface area contributed by atoms with E-state index in [0.29, 0.717) is 5.92 Å². The van der Waals surface area contributed by atoms with Gasteiger partial charge in [0.1, 0.15) is 0 Å². The van der Waals surface area contributed by atoms with Crippen molar-refractivity contribution < 1.29 is 10.2 Å². The molecule has 0 aliphatic carbocycles. The first kappa shape index (κ1) is 17.9. The molecule has 3 atom stereocenters. The molecule has 0 aliphatic heterocycles. The van der Waals surface area contributed by atoms with Gasteiger partial charge in [-0.15, -0.1) is 0 Å². The van der Waals surface area contributed by atoms with Gasteiger partial charge in [-0.1, -0.05) is 59.8 Å². The first-order chi connectivity index (χ1) is 8.61. The van der Waals surface area contributed by atoms with Crippen LogP contribution in [0.5, 0.6) is 0 Å². The minimum Gasteiger partial charge on any atom is -0.396 e. The van der Waals surface area contributed by atoms with Crippen LogP contribution in [0.4, 0.5) is 0 Å². The van der Waals surface area contributed by atoms with Gasteiger partial charge in [0, 0.05) is 5.41 Å². The molecule has 0 bridgehead atoms. The normalized spacial score (nSPS) is 18.3. The molecule has 0 fully saturated rings. The van der Waals surface area contributed by atoms with Gasteiger partial charge in [0.15, 0.2) is 0 Å². The maximum Gasteiger partial charge on any atom is 0.0646 e. The number of aliphatic hydroxyl groups excluding tert-OH is 2. The predicted molar refractivity (Wildman–Crippen MR) is 78.6 cm³/mol. The van der Waals surface area contributed by atoms with Crippen LogP contribution in [0, 0.1) is 11.3 Å². The molecule has 0 rings (SSSR count). The third-order valence-electron chi connectivity index (χ3n) is 4.57. The summed E-state index contributed by atoms with van der Waals surface area (Å²) in [7, 11) is 0. The molecular weight excluding hydrogens is 224 g/mol. The van der Waals surface area contributed by atoms with Gasteiger partial charge >= 0.3 is 0 Å². The molecule has 0 spiro atoms. The van der Waals surface area contributed by atoms with Crippen molar-refractivity contribution >= 4 is 0 Å². The van der Waals surface area contributed by atoms with Gasteiger partial charge in [0.2, 0.25) is 0 Å². The van der Waals surface area contributed by atoms with Crippen molar-refractivity contribution in [2.75, 3.05) is 6.61 Å². The first-order valence-electron chi connectivity index (χ1n) is 7.90. The number of aliphatic hydroxyl groups is 2. The van der Waals surface area contributed by atoms with Gasteiger partial charge < -0.3 is 10.2 Å². The highest BCUT2D eigenvalue weighted by Gasteiger charge is 2.38. The fraction of sp³-hybridized carbons (Fsp3) is 1.00. The summed E-state index contributed by atoms with van der Waals surface area (Å²) in [5.74, 6) is 0.342. The Morgan fingerprint density at radius 3 is 2.00 bits per heavy atom. The quantitative estimate of drug-likeness (QED) is 0.584. The zero-order valence-corrected chi connectivity index (χ0v) is 12.9. The average molecular weight is 258 g/mol. The minimum absolute atomic E-state index is 0.118. The average Bonchev–Trinajstić information content (AvgIpc) is 2.41. The van der Waals surface area contributed by atoms with Crippen LogP contribution in [0.2, 0.25) is 0 Å². The van der Waals surface area contributed by atoms with Crippen LogP contribution in [0.1, 0.15) is 79.1 Å². The second-order valence-electron chi connectivity index (χ2n) is 5.73. The number of unbranched alkanes of at least 4 members (excludes halogenated alkanes) is 2. The third kappa shape index (κ3) is 4.89. The fourth-order valence-corrected chi connectivity index (χ4v) is 2.90. The van der Waals surface area contributed by atoms with Gasteiger partial charge in [-0.25, -0.2) is 0 Å². The molecule has 2 N–H and O–H groups in total. The summed E-state index contributed by atoms with van der Waals surface area (Å²) >= 11 is 0. The molecule has 0 radical (unpaired) electrons. The van der Waals surface area contributed by atoms with Crippen molar-refractivity contribution in [3.8, 4) is 0 Å². The summed E-state index contributed by atoms with van der Waals surface area (Å²) in [6, 6.07) is 0. The summed E-state index contributed by atoms with van der Waals surface area (Å²) in [5.41, 5.74) is -0.273. The topological polar surface area (TPSA) is 40.5 Å². The van der Waals surface area contributed by atoms with Crippen LogP contribution in [-0.2, 0) is 0 Å². The lowest BCUT2D eigenvalue weighted by Crippen LogP contribution is -2.43. The molecule has 0 aliphatic rings.